The number of rotatable bonds is 5. The molecule has 120 valence electrons. The van der Waals surface area contributed by atoms with E-state index in [0.29, 0.717) is 17.1 Å². The molecule has 0 fully saturated rings. The van der Waals surface area contributed by atoms with Crippen LogP contribution in [0.5, 0.6) is 5.75 Å². The highest BCUT2D eigenvalue weighted by molar-refractivity contribution is 5.79. The molecule has 0 aliphatic carbocycles. The Bertz CT molecular complexity index is 858. The first-order valence-corrected chi connectivity index (χ1v) is 7.56. The Morgan fingerprint density at radius 2 is 2.00 bits per heavy atom. The minimum atomic E-state index is -0.255. The van der Waals surface area contributed by atoms with Crippen LogP contribution < -0.4 is 10.1 Å². The maximum absolute atomic E-state index is 12.0. The zero-order chi connectivity index (χ0) is 16.9. The zero-order valence-electron chi connectivity index (χ0n) is 13.2. The van der Waals surface area contributed by atoms with E-state index in [2.05, 4.69) is 5.32 Å². The third-order valence-corrected chi connectivity index (χ3v) is 3.60. The summed E-state index contributed by atoms with van der Waals surface area (Å²) in [6, 6.07) is 18.0. The quantitative estimate of drug-likeness (QED) is 0.780. The van der Waals surface area contributed by atoms with Crippen molar-refractivity contribution >= 4 is 16.9 Å². The van der Waals surface area contributed by atoms with Crippen LogP contribution in [0.3, 0.4) is 0 Å². The standard InChI is InChI=1S/C19H16N2O3/c1-13(18-10-15-4-2-3-5-17(15)24-18)21-19(22)12-23-16-8-6-14(11-20)7-9-16/h2-10,13H,12H2,1H3,(H,21,22)/t13-/m1/s1. The smallest absolute Gasteiger partial charge is 0.258 e. The highest BCUT2D eigenvalue weighted by Gasteiger charge is 2.14. The number of carbonyl (C=O) groups is 1. The number of benzene rings is 2. The van der Waals surface area contributed by atoms with Crippen molar-refractivity contribution in [1.29, 1.82) is 5.26 Å². The third kappa shape index (κ3) is 3.55. The number of furan rings is 1. The fourth-order valence-corrected chi connectivity index (χ4v) is 2.34. The molecule has 1 atom stereocenters. The normalized spacial score (nSPS) is 11.7. The maximum Gasteiger partial charge on any atom is 0.258 e. The van der Waals surface area contributed by atoms with Crippen LogP contribution >= 0.6 is 0 Å². The highest BCUT2D eigenvalue weighted by Crippen LogP contribution is 2.23. The number of hydrogen-bond donors (Lipinski definition) is 1. The van der Waals surface area contributed by atoms with Crippen molar-refractivity contribution < 1.29 is 13.9 Å². The summed E-state index contributed by atoms with van der Waals surface area (Å²) in [5.74, 6) is 0.996. The second kappa shape index (κ2) is 6.88. The van der Waals surface area contributed by atoms with E-state index in [4.69, 9.17) is 14.4 Å². The Morgan fingerprint density at radius 1 is 1.25 bits per heavy atom. The van der Waals surface area contributed by atoms with Crippen molar-refractivity contribution in [1.82, 2.24) is 5.32 Å². The summed E-state index contributed by atoms with van der Waals surface area (Å²) >= 11 is 0. The summed E-state index contributed by atoms with van der Waals surface area (Å²) in [6.07, 6.45) is 0. The van der Waals surface area contributed by atoms with Gasteiger partial charge in [-0.2, -0.15) is 5.26 Å². The molecule has 0 spiro atoms. The Morgan fingerprint density at radius 3 is 2.71 bits per heavy atom. The number of hydrogen-bond acceptors (Lipinski definition) is 4. The van der Waals surface area contributed by atoms with Crippen LogP contribution in [0.15, 0.2) is 59.0 Å². The molecule has 0 saturated heterocycles. The minimum absolute atomic E-state index is 0.101. The average molecular weight is 320 g/mol. The van der Waals surface area contributed by atoms with Gasteiger partial charge in [-0.25, -0.2) is 0 Å². The van der Waals surface area contributed by atoms with Gasteiger partial charge in [0.05, 0.1) is 17.7 Å². The van der Waals surface area contributed by atoms with Crippen LogP contribution in [0.4, 0.5) is 0 Å². The number of fused-ring (bicyclic) bond motifs is 1. The molecule has 3 aromatic rings. The van der Waals surface area contributed by atoms with Crippen molar-refractivity contribution in [2.24, 2.45) is 0 Å². The van der Waals surface area contributed by atoms with Gasteiger partial charge < -0.3 is 14.5 Å². The summed E-state index contributed by atoms with van der Waals surface area (Å²) < 4.78 is 11.1. The van der Waals surface area contributed by atoms with E-state index in [9.17, 15) is 4.79 Å². The molecule has 0 aliphatic rings. The number of nitriles is 1. The number of para-hydroxylation sites is 1. The van der Waals surface area contributed by atoms with Crippen molar-refractivity contribution in [2.75, 3.05) is 6.61 Å². The van der Waals surface area contributed by atoms with Crippen LogP contribution in [0.1, 0.15) is 24.3 Å². The van der Waals surface area contributed by atoms with Crippen LogP contribution in [-0.4, -0.2) is 12.5 Å². The lowest BCUT2D eigenvalue weighted by Gasteiger charge is -2.12. The van der Waals surface area contributed by atoms with E-state index in [-0.39, 0.29) is 18.6 Å². The van der Waals surface area contributed by atoms with E-state index >= 15 is 0 Å². The largest absolute Gasteiger partial charge is 0.484 e. The number of nitrogens with zero attached hydrogens (tertiary/aromatic N) is 1. The molecular weight excluding hydrogens is 304 g/mol. The lowest BCUT2D eigenvalue weighted by Crippen LogP contribution is -2.31. The summed E-state index contributed by atoms with van der Waals surface area (Å²) in [7, 11) is 0. The van der Waals surface area contributed by atoms with Gasteiger partial charge in [0, 0.05) is 5.39 Å². The molecule has 3 rings (SSSR count). The molecule has 0 aliphatic heterocycles. The first kappa shape index (κ1) is 15.6. The lowest BCUT2D eigenvalue weighted by atomic mass is 10.2. The number of nitrogens with one attached hydrogen (secondary N) is 1. The first-order chi connectivity index (χ1) is 11.7. The molecule has 0 radical (unpaired) electrons. The summed E-state index contributed by atoms with van der Waals surface area (Å²) in [4.78, 5) is 12.0. The van der Waals surface area contributed by atoms with E-state index in [1.807, 2.05) is 43.3 Å². The van der Waals surface area contributed by atoms with E-state index < -0.39 is 0 Å². The zero-order valence-corrected chi connectivity index (χ0v) is 13.2. The van der Waals surface area contributed by atoms with Gasteiger partial charge in [0.15, 0.2) is 6.61 Å². The van der Waals surface area contributed by atoms with Crippen LogP contribution in [0.25, 0.3) is 11.0 Å². The maximum atomic E-state index is 12.0. The Kier molecular flexibility index (Phi) is 4.48. The topological polar surface area (TPSA) is 75.3 Å². The van der Waals surface area contributed by atoms with Crippen LogP contribution in [0.2, 0.25) is 0 Å². The molecule has 5 heteroatoms. The Labute approximate surface area is 139 Å². The molecule has 5 nitrogen and oxygen atoms in total. The van der Waals surface area contributed by atoms with Crippen molar-refractivity contribution in [3.8, 4) is 11.8 Å². The summed E-state index contributed by atoms with van der Waals surface area (Å²) in [5, 5.41) is 12.6. The van der Waals surface area contributed by atoms with Gasteiger partial charge in [0.2, 0.25) is 0 Å². The molecule has 0 unspecified atom stereocenters. The molecule has 0 bridgehead atoms. The minimum Gasteiger partial charge on any atom is -0.484 e. The van der Waals surface area contributed by atoms with E-state index in [1.54, 1.807) is 24.3 Å². The second-order valence-electron chi connectivity index (χ2n) is 5.40. The predicted octanol–water partition coefficient (Wildman–Crippen LogP) is 3.56. The van der Waals surface area contributed by atoms with Gasteiger partial charge in [0.1, 0.15) is 17.1 Å². The average Bonchev–Trinajstić information content (AvgIpc) is 3.05. The SMILES string of the molecule is C[C@@H](NC(=O)COc1ccc(C#N)cc1)c1cc2ccccc2o1. The van der Waals surface area contributed by atoms with Gasteiger partial charge >= 0.3 is 0 Å². The third-order valence-electron chi connectivity index (χ3n) is 3.60. The number of amides is 1. The van der Waals surface area contributed by atoms with Gasteiger partial charge in [-0.3, -0.25) is 4.79 Å². The van der Waals surface area contributed by atoms with Crippen molar-refractivity contribution in [3.63, 3.8) is 0 Å². The molecule has 2 aromatic carbocycles. The summed E-state index contributed by atoms with van der Waals surface area (Å²) in [6.45, 7) is 1.76. The fraction of sp³-hybridized carbons (Fsp3) is 0.158. The number of carbonyl (C=O) groups excluding carboxylic acids is 1. The van der Waals surface area contributed by atoms with Crippen LogP contribution in [0, 0.1) is 11.3 Å². The molecule has 1 aromatic heterocycles. The van der Waals surface area contributed by atoms with E-state index in [0.717, 1.165) is 11.0 Å². The number of ether oxygens (including phenoxy) is 1. The second-order valence-corrected chi connectivity index (χ2v) is 5.40. The van der Waals surface area contributed by atoms with Crippen molar-refractivity contribution in [3.05, 3.63) is 65.9 Å². The van der Waals surface area contributed by atoms with E-state index in [1.165, 1.54) is 0 Å². The molecule has 24 heavy (non-hydrogen) atoms. The molecule has 1 N–H and O–H groups in total. The molecule has 1 amide bonds. The predicted molar refractivity (Wildman–Crippen MR) is 89.4 cm³/mol. The van der Waals surface area contributed by atoms with Gasteiger partial charge in [-0.05, 0) is 43.3 Å². The molecule has 0 saturated carbocycles. The lowest BCUT2D eigenvalue weighted by molar-refractivity contribution is -0.123. The molecular formula is C19H16N2O3. The highest BCUT2D eigenvalue weighted by atomic mass is 16.5. The van der Waals surface area contributed by atoms with Crippen LogP contribution in [-0.2, 0) is 4.79 Å². The van der Waals surface area contributed by atoms with Crippen molar-refractivity contribution in [2.45, 2.75) is 13.0 Å². The van der Waals surface area contributed by atoms with Gasteiger partial charge in [-0.1, -0.05) is 18.2 Å². The molecule has 1 heterocycles. The van der Waals surface area contributed by atoms with Gasteiger partial charge in [0.25, 0.3) is 5.91 Å². The monoisotopic (exact) mass is 320 g/mol. The van der Waals surface area contributed by atoms with Gasteiger partial charge in [-0.15, -0.1) is 0 Å². The fourth-order valence-electron chi connectivity index (χ4n) is 2.34. The Balaban J connectivity index is 1.56. The Hall–Kier alpha value is -3.26. The summed E-state index contributed by atoms with van der Waals surface area (Å²) in [5.41, 5.74) is 1.34. The first-order valence-electron chi connectivity index (χ1n) is 7.56.